The highest BCUT2D eigenvalue weighted by atomic mass is 16.5. The number of aromatic nitrogens is 5. The predicted octanol–water partition coefficient (Wildman–Crippen LogP) is 1.11. The highest BCUT2D eigenvalue weighted by Gasteiger charge is 2.13. The quantitative estimate of drug-likeness (QED) is 0.727. The molecule has 23 heavy (non-hydrogen) atoms. The number of methoxy groups -OCH3 is 1. The average molecular weight is 311 g/mol. The van der Waals surface area contributed by atoms with Crippen LogP contribution in [-0.2, 0) is 4.74 Å². The second kappa shape index (κ2) is 5.84. The Labute approximate surface area is 130 Å². The number of rotatable bonds is 3. The molecular weight excluding hydrogens is 298 g/mol. The molecule has 0 saturated heterocycles. The number of esters is 1. The fourth-order valence-electron chi connectivity index (χ4n) is 2.20. The van der Waals surface area contributed by atoms with Crippen LogP contribution in [0, 0.1) is 6.92 Å². The molecule has 0 atom stereocenters. The molecule has 1 N–H and O–H groups in total. The first-order valence-corrected chi connectivity index (χ1v) is 6.75. The minimum atomic E-state index is -0.513. The molecule has 0 spiro atoms. The van der Waals surface area contributed by atoms with Crippen molar-refractivity contribution in [3.05, 3.63) is 58.0 Å². The second-order valence-electron chi connectivity index (χ2n) is 4.92. The van der Waals surface area contributed by atoms with Crippen molar-refractivity contribution in [3.63, 3.8) is 0 Å². The number of aryl methyl sites for hydroxylation is 1. The fourth-order valence-corrected chi connectivity index (χ4v) is 2.20. The van der Waals surface area contributed by atoms with E-state index in [1.165, 1.54) is 17.7 Å². The highest BCUT2D eigenvalue weighted by molar-refractivity contribution is 5.91. The summed E-state index contributed by atoms with van der Waals surface area (Å²) < 4.78 is 6.20. The summed E-state index contributed by atoms with van der Waals surface area (Å²) in [5.41, 5.74) is 2.04. The first-order valence-electron chi connectivity index (χ1n) is 6.75. The number of ether oxygens (including phenoxy) is 1. The molecule has 116 valence electrons. The summed E-state index contributed by atoms with van der Waals surface area (Å²) in [5.74, 6) is -0.127. The molecule has 2 aromatic heterocycles. The number of nitrogens with one attached hydrogen (secondary N) is 1. The molecule has 1 aromatic carbocycles. The van der Waals surface area contributed by atoms with E-state index in [0.717, 1.165) is 5.56 Å². The topological polar surface area (TPSA) is 103 Å². The van der Waals surface area contributed by atoms with Gasteiger partial charge in [-0.1, -0.05) is 0 Å². The van der Waals surface area contributed by atoms with Crippen molar-refractivity contribution >= 4 is 5.97 Å². The Morgan fingerprint density at radius 2 is 2.09 bits per heavy atom. The maximum atomic E-state index is 12.2. The summed E-state index contributed by atoms with van der Waals surface area (Å²) in [6, 6.07) is 8.21. The molecule has 0 saturated carbocycles. The van der Waals surface area contributed by atoms with Gasteiger partial charge in [0.25, 0.3) is 5.56 Å². The molecule has 2 heterocycles. The van der Waals surface area contributed by atoms with Crippen molar-refractivity contribution < 1.29 is 9.53 Å². The number of benzene rings is 1. The van der Waals surface area contributed by atoms with Crippen molar-refractivity contribution in [3.8, 4) is 17.1 Å². The number of hydrogen-bond acceptors (Lipinski definition) is 6. The number of aromatic amines is 1. The van der Waals surface area contributed by atoms with Crippen molar-refractivity contribution in [1.29, 1.82) is 0 Å². The summed E-state index contributed by atoms with van der Waals surface area (Å²) in [7, 11) is 1.29. The molecule has 8 nitrogen and oxygen atoms in total. The highest BCUT2D eigenvalue weighted by Crippen LogP contribution is 2.21. The number of tetrazole rings is 1. The molecule has 0 aliphatic heterocycles. The van der Waals surface area contributed by atoms with Gasteiger partial charge in [0, 0.05) is 17.8 Å². The monoisotopic (exact) mass is 311 g/mol. The van der Waals surface area contributed by atoms with E-state index < -0.39 is 5.97 Å². The largest absolute Gasteiger partial charge is 0.465 e. The molecule has 0 amide bonds. The van der Waals surface area contributed by atoms with Crippen LogP contribution in [0.1, 0.15) is 15.9 Å². The van der Waals surface area contributed by atoms with Gasteiger partial charge in [0.1, 0.15) is 0 Å². The van der Waals surface area contributed by atoms with E-state index in [0.29, 0.717) is 22.6 Å². The number of pyridine rings is 1. The fraction of sp³-hybridized carbons (Fsp3) is 0.133. The zero-order valence-electron chi connectivity index (χ0n) is 12.5. The molecular formula is C15H13N5O3. The number of nitrogens with zero attached hydrogens (tertiary/aromatic N) is 4. The summed E-state index contributed by atoms with van der Waals surface area (Å²) in [5, 5.41) is 13.5. The van der Waals surface area contributed by atoms with E-state index in [1.54, 1.807) is 24.4 Å². The zero-order valence-corrected chi connectivity index (χ0v) is 12.5. The molecule has 3 rings (SSSR count). The van der Waals surface area contributed by atoms with Crippen molar-refractivity contribution in [2.24, 2.45) is 0 Å². The van der Waals surface area contributed by atoms with Gasteiger partial charge in [-0.05, 0) is 47.2 Å². The van der Waals surface area contributed by atoms with E-state index in [1.807, 2.05) is 13.0 Å². The first-order chi connectivity index (χ1) is 11.1. The van der Waals surface area contributed by atoms with Crippen molar-refractivity contribution in [2.45, 2.75) is 6.92 Å². The number of carbonyl (C=O) groups excluding carboxylic acids is 1. The van der Waals surface area contributed by atoms with Gasteiger partial charge in [0.15, 0.2) is 5.82 Å². The van der Waals surface area contributed by atoms with Gasteiger partial charge >= 0.3 is 5.97 Å². The number of carbonyl (C=O) groups is 1. The van der Waals surface area contributed by atoms with Crippen LogP contribution in [0.15, 0.2) is 41.3 Å². The Kier molecular flexibility index (Phi) is 3.71. The standard InChI is InChI=1S/C15H13N5O3/c1-9-3-4-20(13(21)5-9)12-7-10(14-16-18-19-17-14)6-11(8-12)15(22)23-2/h3-8H,1-2H3,(H,16,17,18,19). The van der Waals surface area contributed by atoms with Gasteiger partial charge in [-0.3, -0.25) is 9.36 Å². The summed E-state index contributed by atoms with van der Waals surface area (Å²) >= 11 is 0. The van der Waals surface area contributed by atoms with Crippen LogP contribution < -0.4 is 5.56 Å². The Morgan fingerprint density at radius 3 is 2.74 bits per heavy atom. The molecule has 8 heteroatoms. The third-order valence-electron chi connectivity index (χ3n) is 3.31. The van der Waals surface area contributed by atoms with Gasteiger partial charge < -0.3 is 4.74 Å². The van der Waals surface area contributed by atoms with Gasteiger partial charge in [-0.2, -0.15) is 0 Å². The van der Waals surface area contributed by atoms with Crippen LogP contribution in [-0.4, -0.2) is 38.3 Å². The van der Waals surface area contributed by atoms with Crippen molar-refractivity contribution in [2.75, 3.05) is 7.11 Å². The number of H-pyrrole nitrogens is 1. The third-order valence-corrected chi connectivity index (χ3v) is 3.31. The predicted molar refractivity (Wildman–Crippen MR) is 81.3 cm³/mol. The lowest BCUT2D eigenvalue weighted by Crippen LogP contribution is -2.17. The summed E-state index contributed by atoms with van der Waals surface area (Å²) in [6.07, 6.45) is 1.65. The minimum absolute atomic E-state index is 0.200. The zero-order chi connectivity index (χ0) is 16.4. The molecule has 3 aromatic rings. The van der Waals surface area contributed by atoms with E-state index in [2.05, 4.69) is 20.6 Å². The van der Waals surface area contributed by atoms with E-state index in [9.17, 15) is 9.59 Å². The Balaban J connectivity index is 2.21. The van der Waals surface area contributed by atoms with Gasteiger partial charge in [-0.25, -0.2) is 9.89 Å². The van der Waals surface area contributed by atoms with Gasteiger partial charge in [-0.15, -0.1) is 5.10 Å². The molecule has 0 aliphatic carbocycles. The van der Waals surface area contributed by atoms with Crippen LogP contribution in [0.5, 0.6) is 0 Å². The third kappa shape index (κ3) is 2.86. The van der Waals surface area contributed by atoms with Crippen molar-refractivity contribution in [1.82, 2.24) is 25.2 Å². The Bertz CT molecular complexity index is 915. The smallest absolute Gasteiger partial charge is 0.337 e. The molecule has 0 bridgehead atoms. The SMILES string of the molecule is COC(=O)c1cc(-c2nnn[nH]2)cc(-n2ccc(C)cc2=O)c1. The lowest BCUT2D eigenvalue weighted by Gasteiger charge is -2.10. The Morgan fingerprint density at radius 1 is 1.26 bits per heavy atom. The van der Waals surface area contributed by atoms with Crippen LogP contribution >= 0.6 is 0 Å². The van der Waals surface area contributed by atoms with Crippen LogP contribution in [0.4, 0.5) is 0 Å². The van der Waals surface area contributed by atoms with Crippen LogP contribution in [0.25, 0.3) is 17.1 Å². The van der Waals surface area contributed by atoms with Crippen LogP contribution in [0.2, 0.25) is 0 Å². The Hall–Kier alpha value is -3.29. The van der Waals surface area contributed by atoms with E-state index in [-0.39, 0.29) is 5.56 Å². The summed E-state index contributed by atoms with van der Waals surface area (Å²) in [4.78, 5) is 24.1. The lowest BCUT2D eigenvalue weighted by molar-refractivity contribution is 0.0600. The van der Waals surface area contributed by atoms with E-state index >= 15 is 0 Å². The number of hydrogen-bond donors (Lipinski definition) is 1. The average Bonchev–Trinajstić information content (AvgIpc) is 3.08. The molecule has 0 fully saturated rings. The minimum Gasteiger partial charge on any atom is -0.465 e. The summed E-state index contributed by atoms with van der Waals surface area (Å²) in [6.45, 7) is 1.84. The normalized spacial score (nSPS) is 10.5. The van der Waals surface area contributed by atoms with Gasteiger partial charge in [0.2, 0.25) is 0 Å². The molecule has 0 aliphatic rings. The van der Waals surface area contributed by atoms with Gasteiger partial charge in [0.05, 0.1) is 18.4 Å². The van der Waals surface area contributed by atoms with Crippen LogP contribution in [0.3, 0.4) is 0 Å². The maximum Gasteiger partial charge on any atom is 0.337 e. The maximum absolute atomic E-state index is 12.2. The molecule has 0 unspecified atom stereocenters. The lowest BCUT2D eigenvalue weighted by atomic mass is 10.1. The molecule has 0 radical (unpaired) electrons. The first kappa shape index (κ1) is 14.6. The second-order valence-corrected chi connectivity index (χ2v) is 4.92. The van der Waals surface area contributed by atoms with E-state index in [4.69, 9.17) is 4.74 Å².